The first-order chi connectivity index (χ1) is 13.0. The third kappa shape index (κ3) is 4.91. The number of primary amides is 1. The summed E-state index contributed by atoms with van der Waals surface area (Å²) < 4.78 is 0. The second kappa shape index (κ2) is 8.45. The lowest BCUT2D eigenvalue weighted by Crippen LogP contribution is -2.21. The lowest BCUT2D eigenvalue weighted by Gasteiger charge is -2.09. The van der Waals surface area contributed by atoms with Crippen molar-refractivity contribution in [3.63, 3.8) is 0 Å². The molecule has 0 radical (unpaired) electrons. The monoisotopic (exact) mass is 382 g/mol. The quantitative estimate of drug-likeness (QED) is 0.603. The zero-order valence-corrected chi connectivity index (χ0v) is 15.4. The summed E-state index contributed by atoms with van der Waals surface area (Å²) >= 11 is 1.27. The summed E-state index contributed by atoms with van der Waals surface area (Å²) in [4.78, 5) is 25.3. The van der Waals surface area contributed by atoms with Crippen LogP contribution in [0.3, 0.4) is 0 Å². The summed E-state index contributed by atoms with van der Waals surface area (Å²) in [5.74, 6) is -0.108. The number of hydrogen-bond acceptors (Lipinski definition) is 6. The molecule has 0 atom stereocenters. The molecule has 0 fully saturated rings. The highest BCUT2D eigenvalue weighted by molar-refractivity contribution is 8.00. The topological polar surface area (TPSA) is 116 Å². The fourth-order valence-electron chi connectivity index (χ4n) is 2.40. The van der Waals surface area contributed by atoms with Crippen molar-refractivity contribution >= 4 is 29.3 Å². The number of nitrogens with two attached hydrogens (primary N) is 1. The van der Waals surface area contributed by atoms with Crippen LogP contribution in [0.2, 0.25) is 0 Å². The van der Waals surface area contributed by atoms with E-state index in [1.807, 2.05) is 43.3 Å². The number of aryl methyl sites for hydroxylation is 1. The Balaban J connectivity index is 1.67. The summed E-state index contributed by atoms with van der Waals surface area (Å²) in [6.07, 6.45) is 0. The zero-order chi connectivity index (χ0) is 19.2. The second-order valence-electron chi connectivity index (χ2n) is 5.76. The van der Waals surface area contributed by atoms with Crippen LogP contribution in [0, 0.1) is 6.92 Å². The maximum Gasteiger partial charge on any atom is 0.248 e. The fourth-order valence-corrected chi connectivity index (χ4v) is 3.15. The number of aromatic nitrogens is 4. The molecule has 0 aliphatic heterocycles. The molecule has 0 aliphatic carbocycles. The lowest BCUT2D eigenvalue weighted by molar-refractivity contribution is -0.117. The van der Waals surface area contributed by atoms with Crippen LogP contribution < -0.4 is 11.1 Å². The van der Waals surface area contributed by atoms with Crippen LogP contribution >= 0.6 is 11.8 Å². The van der Waals surface area contributed by atoms with Crippen LogP contribution in [0.4, 0.5) is 5.69 Å². The molecule has 0 unspecified atom stereocenters. The Kier molecular flexibility index (Phi) is 5.82. The van der Waals surface area contributed by atoms with Crippen LogP contribution in [0.15, 0.2) is 53.4 Å². The highest BCUT2D eigenvalue weighted by Crippen LogP contribution is 2.26. The number of benzene rings is 2. The van der Waals surface area contributed by atoms with E-state index in [0.29, 0.717) is 11.5 Å². The molecule has 1 aromatic heterocycles. The van der Waals surface area contributed by atoms with E-state index in [2.05, 4.69) is 20.7 Å². The summed E-state index contributed by atoms with van der Waals surface area (Å²) in [5, 5.41) is 15.0. The number of carbonyl (C=O) groups is 2. The van der Waals surface area contributed by atoms with Gasteiger partial charge >= 0.3 is 0 Å². The molecule has 2 amide bonds. The maximum absolute atomic E-state index is 12.3. The molecule has 27 heavy (non-hydrogen) atoms. The van der Waals surface area contributed by atoms with Gasteiger partial charge in [-0.25, -0.2) is 0 Å². The maximum atomic E-state index is 12.3. The highest BCUT2D eigenvalue weighted by Gasteiger charge is 2.12. The third-order valence-electron chi connectivity index (χ3n) is 3.65. The molecule has 3 rings (SSSR count). The predicted molar refractivity (Wildman–Crippen MR) is 103 cm³/mol. The van der Waals surface area contributed by atoms with Crippen molar-refractivity contribution in [3.8, 4) is 11.4 Å². The standard InChI is InChI=1S/C18H18N6O2S/c1-12-6-2-3-7-13(12)18-21-23-24(22-18)10-17(26)20-14-8-4-5-9-15(14)27-11-16(19)25/h2-9H,10-11H2,1H3,(H2,19,25)(H,20,26). The minimum absolute atomic E-state index is 0.0757. The van der Waals surface area contributed by atoms with E-state index < -0.39 is 5.91 Å². The van der Waals surface area contributed by atoms with E-state index in [1.54, 1.807) is 12.1 Å². The van der Waals surface area contributed by atoms with Gasteiger partial charge in [0.05, 0.1) is 11.4 Å². The molecule has 0 saturated carbocycles. The Morgan fingerprint density at radius 3 is 2.67 bits per heavy atom. The van der Waals surface area contributed by atoms with Gasteiger partial charge in [-0.05, 0) is 29.8 Å². The van der Waals surface area contributed by atoms with Gasteiger partial charge in [-0.3, -0.25) is 9.59 Å². The summed E-state index contributed by atoms with van der Waals surface area (Å²) in [5.41, 5.74) is 7.69. The Hall–Kier alpha value is -3.20. The Morgan fingerprint density at radius 2 is 1.89 bits per heavy atom. The van der Waals surface area contributed by atoms with E-state index in [-0.39, 0.29) is 18.2 Å². The molecule has 3 aromatic rings. The smallest absolute Gasteiger partial charge is 0.248 e. The van der Waals surface area contributed by atoms with Crippen LogP contribution in [-0.4, -0.2) is 37.8 Å². The average molecular weight is 382 g/mol. The normalized spacial score (nSPS) is 10.6. The number of hydrogen-bond donors (Lipinski definition) is 2. The van der Waals surface area contributed by atoms with Gasteiger partial charge in [-0.1, -0.05) is 36.4 Å². The van der Waals surface area contributed by atoms with Crippen molar-refractivity contribution in [2.24, 2.45) is 5.73 Å². The largest absolute Gasteiger partial charge is 0.369 e. The first-order valence-corrected chi connectivity index (χ1v) is 9.15. The molecule has 0 saturated heterocycles. The molecule has 8 nitrogen and oxygen atoms in total. The summed E-state index contributed by atoms with van der Waals surface area (Å²) in [6.45, 7) is 1.89. The van der Waals surface area contributed by atoms with Gasteiger partial charge in [0.25, 0.3) is 0 Å². The first kappa shape index (κ1) is 18.6. The van der Waals surface area contributed by atoms with Crippen LogP contribution in [0.1, 0.15) is 5.56 Å². The molecule has 138 valence electrons. The van der Waals surface area contributed by atoms with Gasteiger partial charge in [0, 0.05) is 10.5 Å². The number of thioether (sulfide) groups is 1. The van der Waals surface area contributed by atoms with Gasteiger partial charge in [0.2, 0.25) is 17.6 Å². The summed E-state index contributed by atoms with van der Waals surface area (Å²) in [7, 11) is 0. The van der Waals surface area contributed by atoms with Gasteiger partial charge in [0.15, 0.2) is 0 Å². The zero-order valence-electron chi connectivity index (χ0n) is 14.6. The molecule has 3 N–H and O–H groups in total. The van der Waals surface area contributed by atoms with E-state index in [4.69, 9.17) is 5.73 Å². The number of tetrazole rings is 1. The van der Waals surface area contributed by atoms with Crippen molar-refractivity contribution in [1.82, 2.24) is 20.2 Å². The SMILES string of the molecule is Cc1ccccc1-c1nnn(CC(=O)Nc2ccccc2SCC(N)=O)n1. The van der Waals surface area contributed by atoms with Crippen molar-refractivity contribution in [2.45, 2.75) is 18.4 Å². The van der Waals surface area contributed by atoms with Crippen molar-refractivity contribution in [1.29, 1.82) is 0 Å². The van der Waals surface area contributed by atoms with Gasteiger partial charge in [-0.15, -0.1) is 22.0 Å². The van der Waals surface area contributed by atoms with Crippen molar-refractivity contribution < 1.29 is 9.59 Å². The van der Waals surface area contributed by atoms with Crippen LogP contribution in [-0.2, 0) is 16.1 Å². The molecule has 0 aliphatic rings. The fraction of sp³-hybridized carbons (Fsp3) is 0.167. The van der Waals surface area contributed by atoms with Gasteiger partial charge in [0.1, 0.15) is 6.54 Å². The first-order valence-electron chi connectivity index (χ1n) is 8.16. The number of nitrogens with zero attached hydrogens (tertiary/aromatic N) is 4. The Morgan fingerprint density at radius 1 is 1.15 bits per heavy atom. The highest BCUT2D eigenvalue weighted by atomic mass is 32.2. The minimum Gasteiger partial charge on any atom is -0.369 e. The molecule has 1 heterocycles. The molecule has 9 heteroatoms. The van der Waals surface area contributed by atoms with Crippen LogP contribution in [0.25, 0.3) is 11.4 Å². The number of amides is 2. The average Bonchev–Trinajstić information content (AvgIpc) is 3.09. The van der Waals surface area contributed by atoms with E-state index in [9.17, 15) is 9.59 Å². The van der Waals surface area contributed by atoms with Crippen molar-refractivity contribution in [3.05, 3.63) is 54.1 Å². The predicted octanol–water partition coefficient (Wildman–Crippen LogP) is 1.86. The number of rotatable bonds is 7. The lowest BCUT2D eigenvalue weighted by atomic mass is 10.1. The Bertz CT molecular complexity index is 972. The molecular formula is C18H18N6O2S. The number of carbonyl (C=O) groups excluding carboxylic acids is 2. The number of nitrogens with one attached hydrogen (secondary N) is 1. The second-order valence-corrected chi connectivity index (χ2v) is 6.77. The van der Waals surface area contributed by atoms with Gasteiger partial charge < -0.3 is 11.1 Å². The molecular weight excluding hydrogens is 364 g/mol. The van der Waals surface area contributed by atoms with E-state index in [1.165, 1.54) is 16.6 Å². The molecule has 2 aromatic carbocycles. The van der Waals surface area contributed by atoms with E-state index >= 15 is 0 Å². The molecule has 0 spiro atoms. The number of anilines is 1. The minimum atomic E-state index is -0.420. The van der Waals surface area contributed by atoms with Crippen LogP contribution in [0.5, 0.6) is 0 Å². The van der Waals surface area contributed by atoms with E-state index in [0.717, 1.165) is 16.0 Å². The summed E-state index contributed by atoms with van der Waals surface area (Å²) in [6, 6.07) is 14.9. The molecule has 0 bridgehead atoms. The van der Waals surface area contributed by atoms with Gasteiger partial charge in [-0.2, -0.15) is 4.80 Å². The Labute approximate surface area is 160 Å². The third-order valence-corrected chi connectivity index (χ3v) is 4.75. The van der Waals surface area contributed by atoms with Crippen molar-refractivity contribution in [2.75, 3.05) is 11.1 Å². The number of para-hydroxylation sites is 1.